The molecule has 0 aromatic carbocycles. The summed E-state index contributed by atoms with van der Waals surface area (Å²) in [5.74, 6) is 1.44. The van der Waals surface area contributed by atoms with E-state index in [4.69, 9.17) is 4.74 Å². The smallest absolute Gasteiger partial charge is 0.241 e. The molecule has 2 fully saturated rings. The summed E-state index contributed by atoms with van der Waals surface area (Å²) in [4.78, 5) is 14.7. The van der Waals surface area contributed by atoms with Crippen LogP contribution in [0.4, 0.5) is 0 Å². The Morgan fingerprint density at radius 3 is 2.50 bits per heavy atom. The van der Waals surface area contributed by atoms with E-state index in [1.54, 1.807) is 7.11 Å². The van der Waals surface area contributed by atoms with Gasteiger partial charge >= 0.3 is 0 Å². The lowest BCUT2D eigenvalue weighted by Gasteiger charge is -2.30. The van der Waals surface area contributed by atoms with Gasteiger partial charge in [0.1, 0.15) is 0 Å². The van der Waals surface area contributed by atoms with Crippen molar-refractivity contribution in [1.29, 1.82) is 0 Å². The number of hydrogen-bond donors (Lipinski definition) is 1. The number of carbonyl (C=O) groups is 1. The van der Waals surface area contributed by atoms with Gasteiger partial charge in [-0.05, 0) is 38.0 Å². The van der Waals surface area contributed by atoms with E-state index in [1.165, 1.54) is 25.7 Å². The summed E-state index contributed by atoms with van der Waals surface area (Å²) in [5.41, 5.74) is 0. The largest absolute Gasteiger partial charge is 0.380 e. The van der Waals surface area contributed by atoms with Gasteiger partial charge in [0.15, 0.2) is 0 Å². The predicted octanol–water partition coefficient (Wildman–Crippen LogP) is 2.38. The van der Waals surface area contributed by atoms with Gasteiger partial charge in [-0.1, -0.05) is 26.7 Å². The summed E-state index contributed by atoms with van der Waals surface area (Å²) in [6.45, 7) is 7.10. The predicted molar refractivity (Wildman–Crippen MR) is 80.3 cm³/mol. The summed E-state index contributed by atoms with van der Waals surface area (Å²) < 4.78 is 5.37. The minimum atomic E-state index is 0.00431. The first-order valence-corrected chi connectivity index (χ1v) is 8.12. The number of amides is 1. The Morgan fingerprint density at radius 2 is 1.95 bits per heavy atom. The van der Waals surface area contributed by atoms with Crippen molar-refractivity contribution in [3.8, 4) is 0 Å². The first-order chi connectivity index (χ1) is 9.52. The zero-order valence-corrected chi connectivity index (χ0v) is 13.4. The lowest BCUT2D eigenvalue weighted by Crippen LogP contribution is -2.45. The van der Waals surface area contributed by atoms with Crippen molar-refractivity contribution in [2.24, 2.45) is 11.8 Å². The van der Waals surface area contributed by atoms with Gasteiger partial charge in [0.2, 0.25) is 5.91 Å². The number of rotatable bonds is 6. The summed E-state index contributed by atoms with van der Waals surface area (Å²) >= 11 is 0. The normalized spacial score (nSPS) is 29.6. The Morgan fingerprint density at radius 1 is 1.30 bits per heavy atom. The van der Waals surface area contributed by atoms with Gasteiger partial charge in [-0.2, -0.15) is 0 Å². The molecule has 3 atom stereocenters. The maximum Gasteiger partial charge on any atom is 0.241 e. The van der Waals surface area contributed by atoms with E-state index >= 15 is 0 Å². The minimum absolute atomic E-state index is 0.00431. The average Bonchev–Trinajstić information content (AvgIpc) is 3.01. The molecule has 4 heteroatoms. The zero-order valence-electron chi connectivity index (χ0n) is 13.4. The van der Waals surface area contributed by atoms with Crippen LogP contribution in [0.3, 0.4) is 0 Å². The van der Waals surface area contributed by atoms with Crippen molar-refractivity contribution >= 4 is 5.91 Å². The number of ether oxygens (including phenoxy) is 1. The van der Waals surface area contributed by atoms with E-state index in [1.807, 2.05) is 6.92 Å². The second kappa shape index (κ2) is 6.90. The first-order valence-electron chi connectivity index (χ1n) is 8.12. The third-order valence-corrected chi connectivity index (χ3v) is 4.70. The highest BCUT2D eigenvalue weighted by Crippen LogP contribution is 2.33. The molecule has 1 saturated carbocycles. The Balaban J connectivity index is 2.07. The van der Waals surface area contributed by atoms with Gasteiger partial charge in [0.25, 0.3) is 0 Å². The number of nitrogens with one attached hydrogen (secondary N) is 1. The second-order valence-electron chi connectivity index (χ2n) is 6.88. The molecule has 0 aromatic heterocycles. The Bertz CT molecular complexity index is 326. The molecular weight excluding hydrogens is 252 g/mol. The monoisotopic (exact) mass is 282 g/mol. The highest BCUT2D eigenvalue weighted by atomic mass is 16.5. The molecule has 4 nitrogen and oxygen atoms in total. The molecule has 3 unspecified atom stereocenters. The third-order valence-electron chi connectivity index (χ3n) is 4.70. The second-order valence-corrected chi connectivity index (χ2v) is 6.88. The zero-order chi connectivity index (χ0) is 14.7. The van der Waals surface area contributed by atoms with Crippen molar-refractivity contribution in [3.63, 3.8) is 0 Å². The highest BCUT2D eigenvalue weighted by molar-refractivity contribution is 5.84. The van der Waals surface area contributed by atoms with Crippen LogP contribution in [0.15, 0.2) is 0 Å². The van der Waals surface area contributed by atoms with Crippen molar-refractivity contribution in [3.05, 3.63) is 0 Å². The van der Waals surface area contributed by atoms with Crippen LogP contribution in [0.5, 0.6) is 0 Å². The topological polar surface area (TPSA) is 41.6 Å². The van der Waals surface area contributed by atoms with Gasteiger partial charge in [0.05, 0.1) is 18.3 Å². The molecule has 0 aromatic rings. The van der Waals surface area contributed by atoms with Crippen LogP contribution >= 0.6 is 0 Å². The maximum absolute atomic E-state index is 12.7. The van der Waals surface area contributed by atoms with Crippen LogP contribution in [0, 0.1) is 11.8 Å². The Kier molecular flexibility index (Phi) is 5.44. The van der Waals surface area contributed by atoms with Gasteiger partial charge in [-0.25, -0.2) is 0 Å². The molecule has 1 aliphatic heterocycles. The molecular formula is C16H30N2O2. The maximum atomic E-state index is 12.7. The molecule has 1 aliphatic carbocycles. The summed E-state index contributed by atoms with van der Waals surface area (Å²) in [5, 5.41) is 3.61. The van der Waals surface area contributed by atoms with Crippen molar-refractivity contribution in [2.75, 3.05) is 13.7 Å². The van der Waals surface area contributed by atoms with E-state index in [0.29, 0.717) is 18.4 Å². The lowest BCUT2D eigenvalue weighted by atomic mass is 10.0. The van der Waals surface area contributed by atoms with E-state index < -0.39 is 0 Å². The molecule has 0 spiro atoms. The van der Waals surface area contributed by atoms with Crippen molar-refractivity contribution in [1.82, 2.24) is 10.2 Å². The van der Waals surface area contributed by atoms with Crippen molar-refractivity contribution < 1.29 is 9.53 Å². The van der Waals surface area contributed by atoms with Crippen LogP contribution in [0.1, 0.15) is 52.9 Å². The number of carbonyl (C=O) groups excluding carboxylic acids is 1. The van der Waals surface area contributed by atoms with Crippen LogP contribution in [-0.4, -0.2) is 42.8 Å². The molecule has 1 saturated heterocycles. The molecule has 116 valence electrons. The van der Waals surface area contributed by atoms with Crippen LogP contribution in [0.25, 0.3) is 0 Å². The lowest BCUT2D eigenvalue weighted by molar-refractivity contribution is -0.132. The molecule has 2 rings (SSSR count). The molecule has 1 N–H and O–H groups in total. The molecule has 1 amide bonds. The first kappa shape index (κ1) is 15.8. The van der Waals surface area contributed by atoms with E-state index in [2.05, 4.69) is 24.1 Å². The van der Waals surface area contributed by atoms with Gasteiger partial charge < -0.3 is 9.64 Å². The Labute approximate surface area is 123 Å². The van der Waals surface area contributed by atoms with Gasteiger partial charge in [-0.15, -0.1) is 0 Å². The van der Waals surface area contributed by atoms with Crippen LogP contribution in [-0.2, 0) is 9.53 Å². The Hall–Kier alpha value is -0.610. The van der Waals surface area contributed by atoms with E-state index in [0.717, 1.165) is 6.42 Å². The SMILES string of the molecule is COC(C)CN1C(=O)C(CC(C)C)NC1C1CCCC1. The summed E-state index contributed by atoms with van der Waals surface area (Å²) in [6.07, 6.45) is 6.36. The minimum Gasteiger partial charge on any atom is -0.380 e. The van der Waals surface area contributed by atoms with Crippen LogP contribution < -0.4 is 5.32 Å². The molecule has 2 aliphatic rings. The fraction of sp³-hybridized carbons (Fsp3) is 0.938. The fourth-order valence-corrected chi connectivity index (χ4v) is 3.56. The quantitative estimate of drug-likeness (QED) is 0.813. The van der Waals surface area contributed by atoms with Crippen LogP contribution in [0.2, 0.25) is 0 Å². The fourth-order valence-electron chi connectivity index (χ4n) is 3.56. The number of hydrogen-bond acceptors (Lipinski definition) is 3. The van der Waals surface area contributed by atoms with Gasteiger partial charge in [0, 0.05) is 13.7 Å². The third kappa shape index (κ3) is 3.53. The molecule has 1 heterocycles. The molecule has 20 heavy (non-hydrogen) atoms. The summed E-state index contributed by atoms with van der Waals surface area (Å²) in [6, 6.07) is 0.00431. The number of nitrogens with zero attached hydrogens (tertiary/aromatic N) is 1. The highest BCUT2D eigenvalue weighted by Gasteiger charge is 2.43. The average molecular weight is 282 g/mol. The van der Waals surface area contributed by atoms with E-state index in [-0.39, 0.29) is 24.2 Å². The molecule has 0 bridgehead atoms. The standard InChI is InChI=1S/C16H30N2O2/c1-11(2)9-14-16(19)18(10-12(3)20-4)15(17-14)13-7-5-6-8-13/h11-15,17H,5-10H2,1-4H3. The molecule has 0 radical (unpaired) electrons. The van der Waals surface area contributed by atoms with Crippen molar-refractivity contribution in [2.45, 2.75) is 71.2 Å². The summed E-state index contributed by atoms with van der Waals surface area (Å²) in [7, 11) is 1.72. The van der Waals surface area contributed by atoms with E-state index in [9.17, 15) is 4.79 Å². The number of methoxy groups -OCH3 is 1. The van der Waals surface area contributed by atoms with Gasteiger partial charge in [-0.3, -0.25) is 10.1 Å².